The zero-order chi connectivity index (χ0) is 26.6. The molecule has 2 aliphatic rings. The number of hydrogen-bond donors (Lipinski definition) is 2. The summed E-state index contributed by atoms with van der Waals surface area (Å²) in [4.78, 5) is 26.2. The minimum absolute atomic E-state index is 0.280. The van der Waals surface area contributed by atoms with Crippen LogP contribution in [0.5, 0.6) is 5.75 Å². The van der Waals surface area contributed by atoms with Gasteiger partial charge < -0.3 is 20.3 Å². The van der Waals surface area contributed by atoms with Crippen molar-refractivity contribution in [3.05, 3.63) is 66.1 Å². The van der Waals surface area contributed by atoms with Gasteiger partial charge in [-0.25, -0.2) is 9.67 Å². The highest BCUT2D eigenvalue weighted by atomic mass is 16.5. The fraction of sp³-hybridized carbons (Fsp3) is 0.357. The first-order chi connectivity index (χ1) is 18.4. The average molecular weight is 515 g/mol. The van der Waals surface area contributed by atoms with E-state index in [1.807, 2.05) is 31.5 Å². The molecule has 1 amide bonds. The summed E-state index contributed by atoms with van der Waals surface area (Å²) in [5, 5.41) is 10.8. The van der Waals surface area contributed by atoms with Gasteiger partial charge in [0.2, 0.25) is 11.9 Å². The van der Waals surface area contributed by atoms with Gasteiger partial charge in [-0.2, -0.15) is 10.1 Å². The molecule has 0 aliphatic carbocycles. The SMILES string of the molecule is C=CC(=O)Nc1cc(Nc2ncc(C)c(-n3cc(CN4CCC4)cn3)n2)c(OC)cc1C1=CCN(C)CC1. The van der Waals surface area contributed by atoms with Crippen molar-refractivity contribution in [3.8, 4) is 11.6 Å². The lowest BCUT2D eigenvalue weighted by Gasteiger charge is -2.29. The van der Waals surface area contributed by atoms with Crippen LogP contribution in [0.1, 0.15) is 29.5 Å². The Morgan fingerprint density at radius 2 is 2.05 bits per heavy atom. The van der Waals surface area contributed by atoms with Gasteiger partial charge in [0.05, 0.1) is 24.7 Å². The fourth-order valence-corrected chi connectivity index (χ4v) is 4.62. The van der Waals surface area contributed by atoms with Crippen molar-refractivity contribution < 1.29 is 9.53 Å². The Bertz CT molecular complexity index is 1380. The molecule has 2 aromatic heterocycles. The lowest BCUT2D eigenvalue weighted by molar-refractivity contribution is -0.111. The van der Waals surface area contributed by atoms with E-state index >= 15 is 0 Å². The molecule has 0 unspecified atom stereocenters. The molecular weight excluding hydrogens is 480 g/mol. The van der Waals surface area contributed by atoms with E-state index in [0.29, 0.717) is 28.9 Å². The van der Waals surface area contributed by atoms with E-state index in [4.69, 9.17) is 9.72 Å². The number of benzene rings is 1. The minimum Gasteiger partial charge on any atom is -0.495 e. The van der Waals surface area contributed by atoms with Crippen molar-refractivity contribution >= 4 is 28.8 Å². The first kappa shape index (κ1) is 25.6. The van der Waals surface area contributed by atoms with E-state index in [9.17, 15) is 4.79 Å². The summed E-state index contributed by atoms with van der Waals surface area (Å²) in [5.74, 6) is 1.44. The summed E-state index contributed by atoms with van der Waals surface area (Å²) in [7, 11) is 3.72. The maximum atomic E-state index is 12.3. The second-order valence-electron chi connectivity index (χ2n) is 9.78. The van der Waals surface area contributed by atoms with Crippen molar-refractivity contribution in [3.63, 3.8) is 0 Å². The van der Waals surface area contributed by atoms with Gasteiger partial charge in [0.1, 0.15) is 5.75 Å². The van der Waals surface area contributed by atoms with Crippen LogP contribution < -0.4 is 15.4 Å². The molecule has 4 heterocycles. The number of aryl methyl sites for hydroxylation is 1. The summed E-state index contributed by atoms with van der Waals surface area (Å²) in [6.07, 6.45) is 11.3. The predicted octanol–water partition coefficient (Wildman–Crippen LogP) is 3.77. The van der Waals surface area contributed by atoms with Crippen LogP contribution in [0.3, 0.4) is 0 Å². The number of amides is 1. The number of nitrogens with zero attached hydrogens (tertiary/aromatic N) is 6. The number of anilines is 3. The van der Waals surface area contributed by atoms with Gasteiger partial charge in [0.25, 0.3) is 0 Å². The van der Waals surface area contributed by atoms with Gasteiger partial charge in [-0.3, -0.25) is 9.69 Å². The van der Waals surface area contributed by atoms with E-state index in [1.165, 1.54) is 12.5 Å². The summed E-state index contributed by atoms with van der Waals surface area (Å²) in [5.41, 5.74) is 5.45. The Morgan fingerprint density at radius 3 is 2.74 bits per heavy atom. The second kappa shape index (κ2) is 11.2. The van der Waals surface area contributed by atoms with Gasteiger partial charge in [0, 0.05) is 48.7 Å². The van der Waals surface area contributed by atoms with Crippen LogP contribution in [0.4, 0.5) is 17.3 Å². The van der Waals surface area contributed by atoms with Gasteiger partial charge in [0.15, 0.2) is 5.82 Å². The van der Waals surface area contributed by atoms with E-state index < -0.39 is 0 Å². The zero-order valence-electron chi connectivity index (χ0n) is 22.2. The van der Waals surface area contributed by atoms with Crippen LogP contribution in [0.15, 0.2) is 49.5 Å². The van der Waals surface area contributed by atoms with Crippen molar-refractivity contribution in [2.24, 2.45) is 0 Å². The Kier molecular flexibility index (Phi) is 7.52. The number of likely N-dealkylation sites (tertiary alicyclic amines) is 1. The summed E-state index contributed by atoms with van der Waals surface area (Å²) < 4.78 is 7.53. The summed E-state index contributed by atoms with van der Waals surface area (Å²) in [6.45, 7) is 10.5. The minimum atomic E-state index is -0.280. The average Bonchev–Trinajstić information content (AvgIpc) is 3.36. The van der Waals surface area contributed by atoms with Crippen LogP contribution in [-0.4, -0.2) is 75.8 Å². The van der Waals surface area contributed by atoms with Crippen molar-refractivity contribution in [1.29, 1.82) is 0 Å². The number of carbonyl (C=O) groups excluding carboxylic acids is 1. The van der Waals surface area contributed by atoms with E-state index in [2.05, 4.69) is 50.2 Å². The molecule has 198 valence electrons. The third-order valence-corrected chi connectivity index (χ3v) is 6.94. The number of aromatic nitrogens is 4. The number of methoxy groups -OCH3 is 1. The molecule has 1 aromatic carbocycles. The second-order valence-corrected chi connectivity index (χ2v) is 9.78. The molecule has 1 saturated heterocycles. The molecule has 10 nitrogen and oxygen atoms in total. The molecule has 2 N–H and O–H groups in total. The molecule has 5 rings (SSSR count). The Morgan fingerprint density at radius 1 is 1.21 bits per heavy atom. The van der Waals surface area contributed by atoms with Crippen LogP contribution in [0.2, 0.25) is 0 Å². The van der Waals surface area contributed by atoms with Gasteiger partial charge in [-0.1, -0.05) is 12.7 Å². The number of carbonyl (C=O) groups is 1. The number of rotatable bonds is 9. The van der Waals surface area contributed by atoms with E-state index in [-0.39, 0.29) is 5.91 Å². The molecular formula is C28H34N8O2. The standard InChI is InChI=1S/C28H34N8O2/c1-5-26(37)31-23-14-24(25(38-4)13-22(23)21-7-11-34(3)12-8-21)32-28-29-15-19(2)27(33-28)36-18-20(16-30-36)17-35-9-6-10-35/h5,7,13-16,18H,1,6,8-12,17H2,2-4H3,(H,31,37)(H,29,32,33). The molecule has 0 radical (unpaired) electrons. The fourth-order valence-electron chi connectivity index (χ4n) is 4.62. The van der Waals surface area contributed by atoms with Crippen LogP contribution in [0.25, 0.3) is 11.4 Å². The first-order valence-corrected chi connectivity index (χ1v) is 12.8. The van der Waals surface area contributed by atoms with Crippen molar-refractivity contribution in [2.75, 3.05) is 51.0 Å². The maximum Gasteiger partial charge on any atom is 0.247 e. The summed E-state index contributed by atoms with van der Waals surface area (Å²) in [6, 6.07) is 3.81. The quantitative estimate of drug-likeness (QED) is 0.416. The molecule has 2 aliphatic heterocycles. The molecule has 0 spiro atoms. The normalized spacial score (nSPS) is 15.9. The zero-order valence-corrected chi connectivity index (χ0v) is 22.2. The highest BCUT2D eigenvalue weighted by molar-refractivity contribution is 6.01. The van der Waals surface area contributed by atoms with Crippen LogP contribution in [-0.2, 0) is 11.3 Å². The monoisotopic (exact) mass is 514 g/mol. The highest BCUT2D eigenvalue weighted by Gasteiger charge is 2.19. The number of hydrogen-bond acceptors (Lipinski definition) is 8. The van der Waals surface area contributed by atoms with Gasteiger partial charge >= 0.3 is 0 Å². The molecule has 3 aromatic rings. The Labute approximate surface area is 223 Å². The Balaban J connectivity index is 1.46. The molecule has 0 atom stereocenters. The van der Waals surface area contributed by atoms with E-state index in [0.717, 1.165) is 61.4 Å². The number of likely N-dealkylation sites (N-methyl/N-ethyl adjacent to an activating group) is 1. The lowest BCUT2D eigenvalue weighted by Crippen LogP contribution is -2.36. The third-order valence-electron chi connectivity index (χ3n) is 6.94. The first-order valence-electron chi connectivity index (χ1n) is 12.8. The smallest absolute Gasteiger partial charge is 0.247 e. The third kappa shape index (κ3) is 5.61. The predicted molar refractivity (Wildman–Crippen MR) is 149 cm³/mol. The van der Waals surface area contributed by atoms with E-state index in [1.54, 1.807) is 18.0 Å². The van der Waals surface area contributed by atoms with Crippen LogP contribution in [0, 0.1) is 6.92 Å². The van der Waals surface area contributed by atoms with Gasteiger partial charge in [-0.05, 0) is 63.7 Å². The Hall–Kier alpha value is -4.02. The molecule has 10 heteroatoms. The largest absolute Gasteiger partial charge is 0.495 e. The lowest BCUT2D eigenvalue weighted by atomic mass is 9.97. The molecule has 0 bridgehead atoms. The van der Waals surface area contributed by atoms with Gasteiger partial charge in [-0.15, -0.1) is 0 Å². The van der Waals surface area contributed by atoms with Crippen molar-refractivity contribution in [1.82, 2.24) is 29.5 Å². The number of nitrogens with one attached hydrogen (secondary N) is 2. The maximum absolute atomic E-state index is 12.3. The summed E-state index contributed by atoms with van der Waals surface area (Å²) >= 11 is 0. The van der Waals surface area contributed by atoms with Crippen molar-refractivity contribution in [2.45, 2.75) is 26.3 Å². The topological polar surface area (TPSA) is 100 Å². The molecule has 1 fully saturated rings. The molecule has 38 heavy (non-hydrogen) atoms. The molecule has 0 saturated carbocycles. The number of ether oxygens (including phenoxy) is 1. The van der Waals surface area contributed by atoms with Crippen LogP contribution >= 0.6 is 0 Å². The highest BCUT2D eigenvalue weighted by Crippen LogP contribution is 2.38.